The summed E-state index contributed by atoms with van der Waals surface area (Å²) in [5, 5.41) is 4.11. The van der Waals surface area contributed by atoms with Crippen molar-refractivity contribution in [2.75, 3.05) is 0 Å². The highest BCUT2D eigenvalue weighted by molar-refractivity contribution is 5.98. The van der Waals surface area contributed by atoms with E-state index in [-0.39, 0.29) is 17.7 Å². The Morgan fingerprint density at radius 3 is 2.82 bits per heavy atom. The third-order valence-electron chi connectivity index (χ3n) is 4.30. The van der Waals surface area contributed by atoms with E-state index in [9.17, 15) is 9.18 Å². The summed E-state index contributed by atoms with van der Waals surface area (Å²) in [7, 11) is 0. The molecule has 0 fully saturated rings. The largest absolute Gasteiger partial charge is 0.273 e. The van der Waals surface area contributed by atoms with Crippen molar-refractivity contribution in [1.29, 1.82) is 0 Å². The van der Waals surface area contributed by atoms with Gasteiger partial charge in [-0.25, -0.2) is 9.82 Å². The third kappa shape index (κ3) is 2.73. The molecule has 1 aromatic rings. The molecule has 22 heavy (non-hydrogen) atoms. The lowest BCUT2D eigenvalue weighted by molar-refractivity contribution is -0.121. The van der Waals surface area contributed by atoms with Crippen molar-refractivity contribution in [2.24, 2.45) is 10.5 Å². The first-order valence-electron chi connectivity index (χ1n) is 7.48. The van der Waals surface area contributed by atoms with E-state index in [0.29, 0.717) is 12.8 Å². The zero-order valence-electron chi connectivity index (χ0n) is 12.8. The van der Waals surface area contributed by atoms with Gasteiger partial charge in [0.15, 0.2) is 0 Å². The zero-order chi connectivity index (χ0) is 15.7. The Morgan fingerprint density at radius 2 is 2.18 bits per heavy atom. The average Bonchev–Trinajstić information content (AvgIpc) is 2.47. The maximum atomic E-state index is 14.7. The van der Waals surface area contributed by atoms with E-state index in [1.54, 1.807) is 6.08 Å². The molecule has 1 aliphatic heterocycles. The smallest absolute Gasteiger partial charge is 0.240 e. The first-order chi connectivity index (χ1) is 10.5. The van der Waals surface area contributed by atoms with Crippen LogP contribution in [-0.2, 0) is 4.79 Å². The van der Waals surface area contributed by atoms with E-state index < -0.39 is 5.41 Å². The van der Waals surface area contributed by atoms with Crippen LogP contribution in [0.2, 0.25) is 0 Å². The topological polar surface area (TPSA) is 41.5 Å². The number of aryl methyl sites for hydroxylation is 1. The molecular weight excluding hydrogens is 279 g/mol. The van der Waals surface area contributed by atoms with E-state index in [0.717, 1.165) is 16.8 Å². The SMILES string of the molecule is Cc1cccc(C2C=CC(C)(C3=NNC(=O)CC3)C=C2F)c1. The average molecular weight is 298 g/mol. The number of allylic oxidation sites excluding steroid dienone is 4. The van der Waals surface area contributed by atoms with Crippen LogP contribution in [0.15, 0.2) is 53.4 Å². The lowest BCUT2D eigenvalue weighted by Gasteiger charge is -2.31. The minimum Gasteiger partial charge on any atom is -0.273 e. The number of carbonyl (C=O) groups excluding carboxylic acids is 1. The summed E-state index contributed by atoms with van der Waals surface area (Å²) in [6.45, 7) is 3.92. The number of amides is 1. The van der Waals surface area contributed by atoms with E-state index in [1.165, 1.54) is 0 Å². The van der Waals surface area contributed by atoms with Gasteiger partial charge in [0.2, 0.25) is 5.91 Å². The number of carbonyl (C=O) groups is 1. The van der Waals surface area contributed by atoms with E-state index in [4.69, 9.17) is 0 Å². The summed E-state index contributed by atoms with van der Waals surface area (Å²) >= 11 is 0. The van der Waals surface area contributed by atoms with Crippen molar-refractivity contribution in [3.63, 3.8) is 0 Å². The number of benzene rings is 1. The molecule has 1 aliphatic carbocycles. The van der Waals surface area contributed by atoms with Gasteiger partial charge in [0.1, 0.15) is 5.83 Å². The maximum Gasteiger partial charge on any atom is 0.240 e. The number of hydrogen-bond donors (Lipinski definition) is 1. The van der Waals surface area contributed by atoms with Gasteiger partial charge < -0.3 is 0 Å². The molecule has 0 saturated carbocycles. The quantitative estimate of drug-likeness (QED) is 0.830. The van der Waals surface area contributed by atoms with Gasteiger partial charge in [-0.2, -0.15) is 5.10 Å². The second-order valence-electron chi connectivity index (χ2n) is 6.16. The summed E-state index contributed by atoms with van der Waals surface area (Å²) in [6, 6.07) is 7.89. The highest BCUT2D eigenvalue weighted by Crippen LogP contribution is 2.39. The fourth-order valence-electron chi connectivity index (χ4n) is 2.99. The number of hydrazone groups is 1. The third-order valence-corrected chi connectivity index (χ3v) is 4.30. The monoisotopic (exact) mass is 298 g/mol. The first-order valence-corrected chi connectivity index (χ1v) is 7.48. The molecule has 1 heterocycles. The van der Waals surface area contributed by atoms with Crippen LogP contribution in [0, 0.1) is 12.3 Å². The van der Waals surface area contributed by atoms with Crippen LogP contribution in [-0.4, -0.2) is 11.6 Å². The molecule has 4 heteroatoms. The van der Waals surface area contributed by atoms with Gasteiger partial charge in [-0.1, -0.05) is 42.0 Å². The lowest BCUT2D eigenvalue weighted by atomic mass is 9.76. The van der Waals surface area contributed by atoms with Crippen LogP contribution in [0.25, 0.3) is 0 Å². The molecule has 114 valence electrons. The summed E-state index contributed by atoms with van der Waals surface area (Å²) in [4.78, 5) is 11.2. The standard InChI is InChI=1S/C18H19FN2O/c1-12-4-3-5-13(10-12)14-8-9-18(2,11-15(14)19)16-6-7-17(22)21-20-16/h3-5,8-11,14H,6-7H2,1-2H3,(H,21,22). The normalized spacial score (nSPS) is 28.0. The molecule has 2 atom stereocenters. The maximum absolute atomic E-state index is 14.7. The molecule has 1 N–H and O–H groups in total. The summed E-state index contributed by atoms with van der Waals surface area (Å²) in [5.74, 6) is -0.601. The lowest BCUT2D eigenvalue weighted by Crippen LogP contribution is -2.34. The molecular formula is C18H19FN2O. The summed E-state index contributed by atoms with van der Waals surface area (Å²) in [6.07, 6.45) is 6.46. The fraction of sp³-hybridized carbons (Fsp3) is 0.333. The van der Waals surface area contributed by atoms with Gasteiger partial charge in [-0.15, -0.1) is 0 Å². The van der Waals surface area contributed by atoms with Crippen LogP contribution < -0.4 is 5.43 Å². The Balaban J connectivity index is 1.89. The highest BCUT2D eigenvalue weighted by Gasteiger charge is 2.33. The van der Waals surface area contributed by atoms with Gasteiger partial charge in [-0.05, 0) is 31.9 Å². The number of rotatable bonds is 2. The Hall–Kier alpha value is -2.23. The first kappa shape index (κ1) is 14.7. The van der Waals surface area contributed by atoms with Crippen LogP contribution in [0.5, 0.6) is 0 Å². The molecule has 3 nitrogen and oxygen atoms in total. The van der Waals surface area contributed by atoms with Crippen molar-refractivity contribution in [1.82, 2.24) is 5.43 Å². The van der Waals surface area contributed by atoms with E-state index in [2.05, 4.69) is 10.5 Å². The molecule has 1 aromatic carbocycles. The molecule has 0 spiro atoms. The predicted molar refractivity (Wildman–Crippen MR) is 85.2 cm³/mol. The van der Waals surface area contributed by atoms with Crippen LogP contribution in [0.3, 0.4) is 0 Å². The molecule has 0 saturated heterocycles. The number of hydrogen-bond acceptors (Lipinski definition) is 2. The predicted octanol–water partition coefficient (Wildman–Crippen LogP) is 3.77. The van der Waals surface area contributed by atoms with Crippen molar-refractivity contribution < 1.29 is 9.18 Å². The van der Waals surface area contributed by atoms with Crippen LogP contribution in [0.1, 0.15) is 36.8 Å². The minimum absolute atomic E-state index is 0.0887. The van der Waals surface area contributed by atoms with Crippen LogP contribution >= 0.6 is 0 Å². The molecule has 0 radical (unpaired) electrons. The van der Waals surface area contributed by atoms with E-state index in [1.807, 2.05) is 50.3 Å². The minimum atomic E-state index is -0.571. The molecule has 0 bridgehead atoms. The Bertz CT molecular complexity index is 705. The molecule has 3 rings (SSSR count). The zero-order valence-corrected chi connectivity index (χ0v) is 12.8. The Labute approximate surface area is 129 Å². The molecule has 2 aliphatic rings. The van der Waals surface area contributed by atoms with Crippen molar-refractivity contribution in [3.8, 4) is 0 Å². The number of halogens is 1. The molecule has 1 amide bonds. The van der Waals surface area contributed by atoms with Gasteiger partial charge in [0.25, 0.3) is 0 Å². The molecule has 0 aromatic heterocycles. The Morgan fingerprint density at radius 1 is 1.36 bits per heavy atom. The van der Waals surface area contributed by atoms with Crippen molar-refractivity contribution in [3.05, 3.63) is 59.4 Å². The number of nitrogens with one attached hydrogen (secondary N) is 1. The van der Waals surface area contributed by atoms with E-state index >= 15 is 0 Å². The van der Waals surface area contributed by atoms with Crippen molar-refractivity contribution >= 4 is 11.6 Å². The van der Waals surface area contributed by atoms with Crippen LogP contribution in [0.4, 0.5) is 4.39 Å². The Kier molecular flexibility index (Phi) is 3.69. The van der Waals surface area contributed by atoms with Gasteiger partial charge in [-0.3, -0.25) is 4.79 Å². The summed E-state index contributed by atoms with van der Waals surface area (Å²) < 4.78 is 14.7. The molecule has 2 unspecified atom stereocenters. The summed E-state index contributed by atoms with van der Waals surface area (Å²) in [5.41, 5.74) is 4.77. The fourth-order valence-corrected chi connectivity index (χ4v) is 2.99. The number of nitrogens with zero attached hydrogens (tertiary/aromatic N) is 1. The van der Waals surface area contributed by atoms with Gasteiger partial charge >= 0.3 is 0 Å². The second kappa shape index (κ2) is 5.52. The highest BCUT2D eigenvalue weighted by atomic mass is 19.1. The van der Waals surface area contributed by atoms with Gasteiger partial charge in [0, 0.05) is 11.8 Å². The van der Waals surface area contributed by atoms with Crippen molar-refractivity contribution in [2.45, 2.75) is 32.6 Å². The second-order valence-corrected chi connectivity index (χ2v) is 6.16. The van der Waals surface area contributed by atoms with Gasteiger partial charge in [0.05, 0.1) is 11.6 Å².